The monoisotopic (exact) mass is 633 g/mol. The number of aliphatic hydroxyl groups is 1. The second kappa shape index (κ2) is 13.4. The summed E-state index contributed by atoms with van der Waals surface area (Å²) in [5.41, 5.74) is 1.33. The van der Waals surface area contributed by atoms with Gasteiger partial charge >= 0.3 is 0 Å². The van der Waals surface area contributed by atoms with Crippen molar-refractivity contribution in [2.75, 3.05) is 57.1 Å². The van der Waals surface area contributed by atoms with Gasteiger partial charge in [-0.1, -0.05) is 12.1 Å². The molecule has 1 aliphatic heterocycles. The van der Waals surface area contributed by atoms with Crippen molar-refractivity contribution in [3.63, 3.8) is 0 Å². The zero-order chi connectivity index (χ0) is 30.6. The molecule has 12 nitrogen and oxygen atoms in total. The van der Waals surface area contributed by atoms with Crippen LogP contribution < -0.4 is 16.0 Å². The van der Waals surface area contributed by atoms with E-state index in [4.69, 9.17) is 9.84 Å². The third kappa shape index (κ3) is 7.92. The minimum Gasteiger partial charge on any atom is -0.387 e. The summed E-state index contributed by atoms with van der Waals surface area (Å²) in [6.07, 6.45) is 1.74. The van der Waals surface area contributed by atoms with Crippen LogP contribution >= 0.6 is 11.3 Å². The molecule has 3 aromatic rings. The van der Waals surface area contributed by atoms with E-state index in [1.54, 1.807) is 24.3 Å². The summed E-state index contributed by atoms with van der Waals surface area (Å²) in [5.74, 6) is -2.77. The average molecular weight is 634 g/mol. The summed E-state index contributed by atoms with van der Waals surface area (Å²) in [4.78, 5) is 43.3. The van der Waals surface area contributed by atoms with Gasteiger partial charge in [-0.2, -0.15) is 0 Å². The number of aromatic nitrogens is 1. The highest BCUT2D eigenvalue weighted by molar-refractivity contribution is 7.92. The minimum absolute atomic E-state index is 0.0179. The maximum absolute atomic E-state index is 15.2. The molecule has 2 aliphatic rings. The van der Waals surface area contributed by atoms with Gasteiger partial charge in [0.15, 0.2) is 15.1 Å². The van der Waals surface area contributed by atoms with E-state index >= 15 is 4.39 Å². The van der Waals surface area contributed by atoms with E-state index in [0.29, 0.717) is 42.3 Å². The average Bonchev–Trinajstić information content (AvgIpc) is 3.72. The van der Waals surface area contributed by atoms with Crippen molar-refractivity contribution in [2.45, 2.75) is 24.1 Å². The highest BCUT2D eigenvalue weighted by Crippen LogP contribution is 2.36. The fourth-order valence-corrected chi connectivity index (χ4v) is 7.70. The molecule has 0 radical (unpaired) electrons. The Morgan fingerprint density at radius 2 is 1.84 bits per heavy atom. The standard InChI is InChI=1S/C28H32FN5O7S2/c29-21-14-22-23(13-20(21)17-1-3-18(4-2-17)32-25(37)16-35)42-28(33-22)26(27(38)30-15-24(36)31-19-5-6-19)43(39,40)12-9-34-7-10-41-11-8-34/h1-4,13-14,19,26,35H,5-12,15-16H2,(H,30,38)(H,31,36)(H,32,37). The zero-order valence-corrected chi connectivity index (χ0v) is 24.8. The molecule has 1 saturated heterocycles. The van der Waals surface area contributed by atoms with Gasteiger partial charge in [0.1, 0.15) is 17.4 Å². The summed E-state index contributed by atoms with van der Waals surface area (Å²) in [6, 6.07) is 9.12. The van der Waals surface area contributed by atoms with Gasteiger partial charge in [0.05, 0.1) is 35.7 Å². The van der Waals surface area contributed by atoms with E-state index < -0.39 is 45.2 Å². The van der Waals surface area contributed by atoms with E-state index in [0.717, 1.165) is 24.2 Å². The number of anilines is 1. The first kappa shape index (κ1) is 30.9. The Kier molecular flexibility index (Phi) is 9.66. The number of halogens is 1. The molecule has 2 aromatic carbocycles. The highest BCUT2D eigenvalue weighted by atomic mass is 32.2. The summed E-state index contributed by atoms with van der Waals surface area (Å²) in [7, 11) is -4.09. The molecule has 4 N–H and O–H groups in total. The number of rotatable bonds is 12. The van der Waals surface area contributed by atoms with Crippen LogP contribution in [0.5, 0.6) is 0 Å². The number of nitrogens with one attached hydrogen (secondary N) is 3. The Morgan fingerprint density at radius 3 is 2.51 bits per heavy atom. The molecular formula is C28H32FN5O7S2. The molecule has 0 bridgehead atoms. The Hall–Kier alpha value is -3.50. The second-order valence-corrected chi connectivity index (χ2v) is 13.7. The van der Waals surface area contributed by atoms with Gasteiger partial charge in [-0.15, -0.1) is 11.3 Å². The molecule has 2 fully saturated rings. The first-order valence-electron chi connectivity index (χ1n) is 13.8. The number of hydrogen-bond donors (Lipinski definition) is 4. The highest BCUT2D eigenvalue weighted by Gasteiger charge is 2.37. The van der Waals surface area contributed by atoms with Gasteiger partial charge in [-0.25, -0.2) is 17.8 Å². The van der Waals surface area contributed by atoms with Crippen LogP contribution in [0.1, 0.15) is 23.1 Å². The number of sulfone groups is 1. The fourth-order valence-electron chi connectivity index (χ4n) is 4.63. The Morgan fingerprint density at radius 1 is 1.12 bits per heavy atom. The van der Waals surface area contributed by atoms with Gasteiger partial charge in [0.2, 0.25) is 17.7 Å². The number of thiazole rings is 1. The van der Waals surface area contributed by atoms with Crippen molar-refractivity contribution >= 4 is 54.8 Å². The number of ether oxygens (including phenoxy) is 1. The number of fused-ring (bicyclic) bond motifs is 1. The lowest BCUT2D eigenvalue weighted by atomic mass is 10.0. The van der Waals surface area contributed by atoms with Crippen molar-refractivity contribution in [1.29, 1.82) is 0 Å². The Labute approximate surface area is 251 Å². The number of aliphatic hydroxyl groups excluding tert-OH is 1. The summed E-state index contributed by atoms with van der Waals surface area (Å²) < 4.78 is 48.3. The molecule has 2 heterocycles. The fraction of sp³-hybridized carbons (Fsp3) is 0.429. The maximum atomic E-state index is 15.2. The third-order valence-corrected chi connectivity index (χ3v) is 10.2. The predicted octanol–water partition coefficient (Wildman–Crippen LogP) is 1.22. The normalized spacial score (nSPS) is 16.5. The van der Waals surface area contributed by atoms with Crippen LogP contribution in [0.2, 0.25) is 0 Å². The topological polar surface area (TPSA) is 167 Å². The molecule has 3 amide bonds. The Bertz CT molecular complexity index is 1600. The SMILES string of the molecule is O=C(CO)Nc1ccc(-c2cc3sc(C(C(=O)NCC(=O)NC4CC4)S(=O)(=O)CCN4CCOCC4)nc3cc2F)cc1. The predicted molar refractivity (Wildman–Crippen MR) is 159 cm³/mol. The van der Waals surface area contributed by atoms with Gasteiger partial charge in [0, 0.05) is 43.0 Å². The zero-order valence-electron chi connectivity index (χ0n) is 23.2. The molecule has 0 spiro atoms. The third-order valence-electron chi connectivity index (χ3n) is 7.10. The number of carbonyl (C=O) groups is 3. The van der Waals surface area contributed by atoms with E-state index in [9.17, 15) is 22.8 Å². The van der Waals surface area contributed by atoms with E-state index in [1.165, 1.54) is 12.1 Å². The number of amides is 3. The number of carbonyl (C=O) groups excluding carboxylic acids is 3. The van der Waals surface area contributed by atoms with E-state index in [2.05, 4.69) is 20.9 Å². The molecule has 1 unspecified atom stereocenters. The van der Waals surface area contributed by atoms with Crippen molar-refractivity contribution in [3.8, 4) is 11.1 Å². The van der Waals surface area contributed by atoms with Crippen LogP contribution in [-0.4, -0.2) is 98.9 Å². The molecule has 230 valence electrons. The van der Waals surface area contributed by atoms with E-state index in [1.807, 2.05) is 4.90 Å². The summed E-state index contributed by atoms with van der Waals surface area (Å²) in [6.45, 7) is 1.30. The number of hydrogen-bond acceptors (Lipinski definition) is 10. The molecule has 1 atom stereocenters. The molecule has 1 aromatic heterocycles. The van der Waals surface area contributed by atoms with Crippen LogP contribution in [0.3, 0.4) is 0 Å². The first-order valence-corrected chi connectivity index (χ1v) is 16.4. The van der Waals surface area contributed by atoms with Crippen molar-refractivity contribution in [1.82, 2.24) is 20.5 Å². The van der Waals surface area contributed by atoms with Crippen molar-refractivity contribution in [3.05, 3.63) is 47.2 Å². The minimum atomic E-state index is -4.09. The van der Waals surface area contributed by atoms with Crippen LogP contribution in [0, 0.1) is 5.82 Å². The molecule has 43 heavy (non-hydrogen) atoms. The lowest BCUT2D eigenvalue weighted by Gasteiger charge is -2.27. The van der Waals surface area contributed by atoms with Crippen molar-refractivity contribution < 1.29 is 37.0 Å². The smallest absolute Gasteiger partial charge is 0.250 e. The van der Waals surface area contributed by atoms with Gasteiger partial charge in [-0.3, -0.25) is 19.3 Å². The number of morpholine rings is 1. The molecule has 5 rings (SSSR count). The largest absolute Gasteiger partial charge is 0.387 e. The van der Waals surface area contributed by atoms with E-state index in [-0.39, 0.29) is 41.0 Å². The van der Waals surface area contributed by atoms with Crippen LogP contribution in [0.4, 0.5) is 10.1 Å². The van der Waals surface area contributed by atoms with Gasteiger partial charge < -0.3 is 25.8 Å². The Balaban J connectivity index is 1.41. The lowest BCUT2D eigenvalue weighted by Crippen LogP contribution is -2.43. The van der Waals surface area contributed by atoms with Crippen LogP contribution in [0.25, 0.3) is 21.3 Å². The first-order chi connectivity index (χ1) is 20.6. The molecule has 1 aliphatic carbocycles. The van der Waals surface area contributed by atoms with Crippen LogP contribution in [0.15, 0.2) is 36.4 Å². The van der Waals surface area contributed by atoms with Crippen molar-refractivity contribution in [2.24, 2.45) is 0 Å². The second-order valence-electron chi connectivity index (χ2n) is 10.4. The quantitative estimate of drug-likeness (QED) is 0.229. The number of nitrogens with zero attached hydrogens (tertiary/aromatic N) is 2. The summed E-state index contributed by atoms with van der Waals surface area (Å²) >= 11 is 0.972. The summed E-state index contributed by atoms with van der Waals surface area (Å²) in [5, 5.41) is 14.9. The molecular weight excluding hydrogens is 601 g/mol. The van der Waals surface area contributed by atoms with Crippen LogP contribution in [-0.2, 0) is 29.0 Å². The lowest BCUT2D eigenvalue weighted by molar-refractivity contribution is -0.126. The van der Waals surface area contributed by atoms with Gasteiger partial charge in [0.25, 0.3) is 0 Å². The van der Waals surface area contributed by atoms with Gasteiger partial charge in [-0.05, 0) is 36.6 Å². The maximum Gasteiger partial charge on any atom is 0.250 e. The number of benzene rings is 2. The molecule has 15 heteroatoms. The molecule has 1 saturated carbocycles.